The zero-order valence-corrected chi connectivity index (χ0v) is 13.3. The molecule has 0 aliphatic rings. The lowest BCUT2D eigenvalue weighted by Crippen LogP contribution is -2.22. The molecule has 0 unspecified atom stereocenters. The van der Waals surface area contributed by atoms with Gasteiger partial charge >= 0.3 is 0 Å². The van der Waals surface area contributed by atoms with E-state index in [1.165, 1.54) is 26.2 Å². The highest BCUT2D eigenvalue weighted by atomic mass is 79.9. The molecule has 0 radical (unpaired) electrons. The van der Waals surface area contributed by atoms with Crippen molar-refractivity contribution in [2.24, 2.45) is 0 Å². The Kier molecular flexibility index (Phi) is 4.88. The van der Waals surface area contributed by atoms with Crippen molar-refractivity contribution < 1.29 is 13.2 Å². The average molecular weight is 385 g/mol. The number of carbonyl (C=O) groups is 1. The molecule has 0 saturated heterocycles. The number of nitrogens with zero attached hydrogens (tertiary/aromatic N) is 1. The van der Waals surface area contributed by atoms with E-state index < -0.39 is 10.0 Å². The Morgan fingerprint density at radius 3 is 2.41 bits per heavy atom. The van der Waals surface area contributed by atoms with E-state index in [4.69, 9.17) is 0 Å². The maximum atomic E-state index is 11.9. The van der Waals surface area contributed by atoms with Crippen LogP contribution in [0.5, 0.6) is 0 Å². The lowest BCUT2D eigenvalue weighted by Gasteiger charge is -2.12. The van der Waals surface area contributed by atoms with Crippen molar-refractivity contribution in [3.05, 3.63) is 28.2 Å². The lowest BCUT2D eigenvalue weighted by atomic mass is 10.1. The summed E-state index contributed by atoms with van der Waals surface area (Å²) in [5.41, 5.74) is 0.352. The molecule has 0 spiro atoms. The Hall–Kier alpha value is -0.240. The van der Waals surface area contributed by atoms with Crippen molar-refractivity contribution in [2.75, 3.05) is 19.4 Å². The molecule has 0 aliphatic heterocycles. The van der Waals surface area contributed by atoms with E-state index in [9.17, 15) is 13.2 Å². The minimum atomic E-state index is -3.51. The van der Waals surface area contributed by atoms with Gasteiger partial charge in [0.25, 0.3) is 0 Å². The van der Waals surface area contributed by atoms with Gasteiger partial charge in [0.2, 0.25) is 10.0 Å². The van der Waals surface area contributed by atoms with Gasteiger partial charge < -0.3 is 0 Å². The maximum absolute atomic E-state index is 11.9. The zero-order chi connectivity index (χ0) is 13.2. The lowest BCUT2D eigenvalue weighted by molar-refractivity contribution is 0.102. The number of carbonyl (C=O) groups excluding carboxylic acids is 1. The first kappa shape index (κ1) is 14.8. The van der Waals surface area contributed by atoms with E-state index in [-0.39, 0.29) is 16.0 Å². The first-order valence-corrected chi connectivity index (χ1v) is 7.97. The van der Waals surface area contributed by atoms with Gasteiger partial charge in [0.1, 0.15) is 0 Å². The average Bonchev–Trinajstić information content (AvgIpc) is 2.28. The smallest absolute Gasteiger partial charge is 0.242 e. The molecule has 7 heteroatoms. The molecular weight excluding hydrogens is 374 g/mol. The number of halogens is 2. The van der Waals surface area contributed by atoms with E-state index in [0.717, 1.165) is 4.31 Å². The summed E-state index contributed by atoms with van der Waals surface area (Å²) in [4.78, 5) is 11.7. The summed E-state index contributed by atoms with van der Waals surface area (Å²) in [5.74, 6) is -0.173. The third kappa shape index (κ3) is 3.15. The molecule has 17 heavy (non-hydrogen) atoms. The number of Topliss-reactive ketones (excluding diaryl/α,β-unsaturated/α-hetero) is 1. The molecule has 0 aromatic heterocycles. The highest BCUT2D eigenvalue weighted by Crippen LogP contribution is 2.23. The monoisotopic (exact) mass is 383 g/mol. The largest absolute Gasteiger partial charge is 0.293 e. The molecule has 0 bridgehead atoms. The Bertz CT molecular complexity index is 540. The third-order valence-electron chi connectivity index (χ3n) is 2.14. The predicted octanol–water partition coefficient (Wildman–Crippen LogP) is 2.28. The van der Waals surface area contributed by atoms with Gasteiger partial charge in [-0.2, -0.15) is 0 Å². The highest BCUT2D eigenvalue weighted by molar-refractivity contribution is 9.10. The number of alkyl halides is 1. The van der Waals surface area contributed by atoms with Gasteiger partial charge in [0.15, 0.2) is 5.78 Å². The summed E-state index contributed by atoms with van der Waals surface area (Å²) >= 11 is 6.28. The fraction of sp³-hybridized carbons (Fsp3) is 0.300. The van der Waals surface area contributed by atoms with Crippen molar-refractivity contribution in [1.82, 2.24) is 4.31 Å². The number of ketones is 1. The molecule has 0 amide bonds. The summed E-state index contributed by atoms with van der Waals surface area (Å²) in [7, 11) is -0.617. The van der Waals surface area contributed by atoms with E-state index in [2.05, 4.69) is 31.9 Å². The van der Waals surface area contributed by atoms with Crippen LogP contribution in [0.3, 0.4) is 0 Å². The van der Waals surface area contributed by atoms with Gasteiger partial charge in [-0.3, -0.25) is 4.79 Å². The molecule has 0 atom stereocenters. The quantitative estimate of drug-likeness (QED) is 0.591. The van der Waals surface area contributed by atoms with Gasteiger partial charge in [0.05, 0.1) is 10.2 Å². The normalized spacial score (nSPS) is 11.8. The number of rotatable bonds is 4. The van der Waals surface area contributed by atoms with Gasteiger partial charge in [0, 0.05) is 24.1 Å². The molecule has 4 nitrogen and oxygen atoms in total. The van der Waals surface area contributed by atoms with Crippen LogP contribution in [0.4, 0.5) is 0 Å². The standard InChI is InChI=1S/C10H11Br2NO3S/c1-13(2)17(15,16)7-3-4-9(12)8(5-7)10(14)6-11/h3-5H,6H2,1-2H3. The van der Waals surface area contributed by atoms with Gasteiger partial charge in [-0.1, -0.05) is 31.9 Å². The van der Waals surface area contributed by atoms with Crippen LogP contribution in [0.15, 0.2) is 27.6 Å². The number of benzene rings is 1. The SMILES string of the molecule is CN(C)S(=O)(=O)c1ccc(Br)c(C(=O)CBr)c1. The molecule has 0 fully saturated rings. The summed E-state index contributed by atoms with van der Waals surface area (Å²) < 4.78 is 25.5. The second-order valence-electron chi connectivity index (χ2n) is 3.49. The molecule has 1 rings (SSSR count). The van der Waals surface area contributed by atoms with Crippen molar-refractivity contribution in [3.8, 4) is 0 Å². The molecule has 94 valence electrons. The van der Waals surface area contributed by atoms with Gasteiger partial charge in [-0.15, -0.1) is 0 Å². The topological polar surface area (TPSA) is 54.5 Å². The van der Waals surface area contributed by atoms with Crippen LogP contribution in [0.1, 0.15) is 10.4 Å². The van der Waals surface area contributed by atoms with E-state index in [1.54, 1.807) is 6.07 Å². The summed E-state index contributed by atoms with van der Waals surface area (Å²) in [6.45, 7) is 0. The highest BCUT2D eigenvalue weighted by Gasteiger charge is 2.20. The molecule has 0 saturated carbocycles. The van der Waals surface area contributed by atoms with Gasteiger partial charge in [-0.25, -0.2) is 12.7 Å². The maximum Gasteiger partial charge on any atom is 0.242 e. The van der Waals surface area contributed by atoms with E-state index in [1.807, 2.05) is 0 Å². The summed E-state index contributed by atoms with van der Waals surface area (Å²) in [6.07, 6.45) is 0. The minimum Gasteiger partial charge on any atom is -0.293 e. The number of hydrogen-bond acceptors (Lipinski definition) is 3. The number of hydrogen-bond donors (Lipinski definition) is 0. The molecule has 0 heterocycles. The Morgan fingerprint density at radius 2 is 1.94 bits per heavy atom. The van der Waals surface area contributed by atoms with Crippen molar-refractivity contribution in [3.63, 3.8) is 0 Å². The van der Waals surface area contributed by atoms with Gasteiger partial charge in [-0.05, 0) is 18.2 Å². The van der Waals surface area contributed by atoms with Crippen LogP contribution in [-0.4, -0.2) is 37.9 Å². The van der Waals surface area contributed by atoms with Crippen molar-refractivity contribution in [1.29, 1.82) is 0 Å². The molecule has 1 aromatic carbocycles. The summed E-state index contributed by atoms with van der Waals surface area (Å²) in [6, 6.07) is 4.40. The second-order valence-corrected chi connectivity index (χ2v) is 7.05. The van der Waals surface area contributed by atoms with Crippen LogP contribution in [-0.2, 0) is 10.0 Å². The van der Waals surface area contributed by atoms with Crippen LogP contribution >= 0.6 is 31.9 Å². The Morgan fingerprint density at radius 1 is 1.35 bits per heavy atom. The fourth-order valence-electron chi connectivity index (χ4n) is 1.16. The van der Waals surface area contributed by atoms with E-state index >= 15 is 0 Å². The van der Waals surface area contributed by atoms with Crippen LogP contribution in [0, 0.1) is 0 Å². The predicted molar refractivity (Wildman–Crippen MR) is 73.1 cm³/mol. The molecule has 0 N–H and O–H groups in total. The third-order valence-corrected chi connectivity index (χ3v) is 5.15. The van der Waals surface area contributed by atoms with Crippen molar-refractivity contribution >= 4 is 47.7 Å². The van der Waals surface area contributed by atoms with Crippen LogP contribution < -0.4 is 0 Å². The number of sulfonamides is 1. The Balaban J connectivity index is 3.37. The van der Waals surface area contributed by atoms with Crippen LogP contribution in [0.2, 0.25) is 0 Å². The molecule has 0 aliphatic carbocycles. The van der Waals surface area contributed by atoms with Crippen molar-refractivity contribution in [2.45, 2.75) is 4.90 Å². The second kappa shape index (κ2) is 5.60. The fourth-order valence-corrected chi connectivity index (χ4v) is 2.86. The molecular formula is C10H11Br2NO3S. The Labute approximate surface area is 117 Å². The van der Waals surface area contributed by atoms with E-state index in [0.29, 0.717) is 10.0 Å². The first-order chi connectivity index (χ1) is 7.80. The summed E-state index contributed by atoms with van der Waals surface area (Å²) in [5, 5.41) is 0.150. The van der Waals surface area contributed by atoms with Crippen LogP contribution in [0.25, 0.3) is 0 Å². The molecule has 1 aromatic rings. The zero-order valence-electron chi connectivity index (χ0n) is 9.28. The first-order valence-electron chi connectivity index (χ1n) is 4.62. The minimum absolute atomic E-state index is 0.106.